The van der Waals surface area contributed by atoms with Crippen molar-refractivity contribution in [3.05, 3.63) is 72.4 Å². The summed E-state index contributed by atoms with van der Waals surface area (Å²) >= 11 is 0. The number of alkyl halides is 3. The molecule has 4 aromatic rings. The number of pyridine rings is 1. The number of likely N-dealkylation sites (tertiary alicyclic amines) is 1. The predicted molar refractivity (Wildman–Crippen MR) is 124 cm³/mol. The normalized spacial score (nSPS) is 14.7. The van der Waals surface area contributed by atoms with Crippen LogP contribution in [0.4, 0.5) is 18.0 Å². The first-order valence-electron chi connectivity index (χ1n) is 11.3. The number of carbonyl (C=O) groups is 1. The molecular formula is C25H22F3N5O3. The SMILES string of the molecule is Cc1ncccc1Oc1ncnc2c1ccn2C1CCN(C(=O)Oc2cccc(C(F)(F)F)c2)CC1. The molecule has 4 heterocycles. The summed E-state index contributed by atoms with van der Waals surface area (Å²) in [6.07, 6.45) is 1.13. The number of fused-ring (bicyclic) bond motifs is 1. The van der Waals surface area contributed by atoms with E-state index in [4.69, 9.17) is 9.47 Å². The number of rotatable bonds is 4. The fraction of sp³-hybridized carbons (Fsp3) is 0.280. The van der Waals surface area contributed by atoms with Crippen molar-refractivity contribution in [3.8, 4) is 17.4 Å². The second-order valence-electron chi connectivity index (χ2n) is 8.44. The van der Waals surface area contributed by atoms with Gasteiger partial charge in [0.2, 0.25) is 5.88 Å². The van der Waals surface area contributed by atoms with Crippen LogP contribution in [0.25, 0.3) is 11.0 Å². The van der Waals surface area contributed by atoms with E-state index in [0.717, 1.165) is 23.2 Å². The molecule has 3 aromatic heterocycles. The van der Waals surface area contributed by atoms with Gasteiger partial charge in [-0.15, -0.1) is 0 Å². The molecule has 0 spiro atoms. The lowest BCUT2D eigenvalue weighted by molar-refractivity contribution is -0.137. The van der Waals surface area contributed by atoms with Gasteiger partial charge in [0.25, 0.3) is 0 Å². The Labute approximate surface area is 204 Å². The first kappa shape index (κ1) is 23.6. The molecule has 0 atom stereocenters. The molecule has 36 heavy (non-hydrogen) atoms. The number of hydrogen-bond donors (Lipinski definition) is 0. The first-order chi connectivity index (χ1) is 17.3. The Hall–Kier alpha value is -4.15. The number of hydrogen-bond acceptors (Lipinski definition) is 6. The summed E-state index contributed by atoms with van der Waals surface area (Å²) in [6.45, 7) is 2.64. The molecule has 0 radical (unpaired) electrons. The lowest BCUT2D eigenvalue weighted by Gasteiger charge is -2.32. The summed E-state index contributed by atoms with van der Waals surface area (Å²) in [5.74, 6) is 0.899. The highest BCUT2D eigenvalue weighted by atomic mass is 19.4. The van der Waals surface area contributed by atoms with Crippen molar-refractivity contribution in [1.29, 1.82) is 0 Å². The second kappa shape index (κ2) is 9.48. The summed E-state index contributed by atoms with van der Waals surface area (Å²) in [7, 11) is 0. The van der Waals surface area contributed by atoms with Crippen molar-refractivity contribution < 1.29 is 27.4 Å². The number of nitrogens with zero attached hydrogens (tertiary/aromatic N) is 5. The number of piperidine rings is 1. The van der Waals surface area contributed by atoms with E-state index >= 15 is 0 Å². The van der Waals surface area contributed by atoms with Crippen molar-refractivity contribution in [2.24, 2.45) is 0 Å². The van der Waals surface area contributed by atoms with Crippen LogP contribution in [0.15, 0.2) is 61.2 Å². The zero-order chi connectivity index (χ0) is 25.3. The smallest absolute Gasteiger partial charge is 0.416 e. The zero-order valence-electron chi connectivity index (χ0n) is 19.3. The molecule has 1 saturated heterocycles. The zero-order valence-corrected chi connectivity index (χ0v) is 19.3. The van der Waals surface area contributed by atoms with Crippen LogP contribution in [0, 0.1) is 6.92 Å². The number of halogens is 3. The average molecular weight is 497 g/mol. The highest BCUT2D eigenvalue weighted by Gasteiger charge is 2.31. The Kier molecular flexibility index (Phi) is 6.21. The molecule has 11 heteroatoms. The van der Waals surface area contributed by atoms with E-state index in [-0.39, 0.29) is 11.8 Å². The van der Waals surface area contributed by atoms with Gasteiger partial charge >= 0.3 is 12.3 Å². The van der Waals surface area contributed by atoms with Crippen molar-refractivity contribution >= 4 is 17.1 Å². The molecule has 8 nitrogen and oxygen atoms in total. The summed E-state index contributed by atoms with van der Waals surface area (Å²) in [5, 5.41) is 0.757. The Morgan fingerprint density at radius 1 is 1.06 bits per heavy atom. The fourth-order valence-corrected chi connectivity index (χ4v) is 4.23. The molecule has 1 aliphatic rings. The van der Waals surface area contributed by atoms with E-state index in [1.807, 2.05) is 29.8 Å². The minimum absolute atomic E-state index is 0.0722. The van der Waals surface area contributed by atoms with Gasteiger partial charge in [-0.25, -0.2) is 14.8 Å². The van der Waals surface area contributed by atoms with Crippen LogP contribution in [-0.2, 0) is 6.18 Å². The number of aryl methyl sites for hydroxylation is 1. The van der Waals surface area contributed by atoms with E-state index in [9.17, 15) is 18.0 Å². The van der Waals surface area contributed by atoms with Gasteiger partial charge in [0, 0.05) is 31.5 Å². The topological polar surface area (TPSA) is 82.4 Å². The van der Waals surface area contributed by atoms with Crippen LogP contribution in [-0.4, -0.2) is 43.6 Å². The summed E-state index contributed by atoms with van der Waals surface area (Å²) in [6, 6.07) is 9.88. The first-order valence-corrected chi connectivity index (χ1v) is 11.3. The standard InChI is InChI=1S/C25H22F3N5O3/c1-16-21(6-3-10-29-16)36-23-20-9-13-33(22(20)30-15-31-23)18-7-11-32(12-8-18)24(34)35-19-5-2-4-17(14-19)25(26,27)28/h2-6,9-10,13-15,18H,7-8,11-12H2,1H3. The molecule has 1 amide bonds. The molecule has 5 rings (SSSR count). The minimum Gasteiger partial charge on any atom is -0.436 e. The molecule has 1 aliphatic heterocycles. The number of carbonyl (C=O) groups excluding carboxylic acids is 1. The van der Waals surface area contributed by atoms with Gasteiger partial charge in [-0.05, 0) is 56.2 Å². The third kappa shape index (κ3) is 4.81. The lowest BCUT2D eigenvalue weighted by Crippen LogP contribution is -2.40. The third-order valence-electron chi connectivity index (χ3n) is 6.12. The summed E-state index contributed by atoms with van der Waals surface area (Å²) < 4.78 is 52.0. The highest BCUT2D eigenvalue weighted by Crippen LogP contribution is 2.33. The summed E-state index contributed by atoms with van der Waals surface area (Å²) in [4.78, 5) is 27.0. The van der Waals surface area contributed by atoms with Crippen LogP contribution < -0.4 is 9.47 Å². The van der Waals surface area contributed by atoms with E-state index in [1.165, 1.54) is 23.4 Å². The Bertz CT molecular complexity index is 1400. The molecule has 1 aromatic carbocycles. The third-order valence-corrected chi connectivity index (χ3v) is 6.12. The van der Waals surface area contributed by atoms with Gasteiger partial charge in [0.1, 0.15) is 17.7 Å². The molecule has 1 fully saturated rings. The average Bonchev–Trinajstić information content (AvgIpc) is 3.30. The number of amides is 1. The Morgan fingerprint density at radius 3 is 2.61 bits per heavy atom. The number of aromatic nitrogens is 4. The maximum Gasteiger partial charge on any atom is 0.416 e. The maximum absolute atomic E-state index is 12.9. The molecular weight excluding hydrogens is 475 g/mol. The molecule has 0 N–H and O–H groups in total. The largest absolute Gasteiger partial charge is 0.436 e. The molecule has 0 saturated carbocycles. The molecule has 0 bridgehead atoms. The van der Waals surface area contributed by atoms with Crippen molar-refractivity contribution in [3.63, 3.8) is 0 Å². The van der Waals surface area contributed by atoms with Gasteiger partial charge in [0.05, 0.1) is 16.6 Å². The van der Waals surface area contributed by atoms with E-state index in [0.29, 0.717) is 43.2 Å². The van der Waals surface area contributed by atoms with Crippen LogP contribution in [0.1, 0.15) is 30.1 Å². The predicted octanol–water partition coefficient (Wildman–Crippen LogP) is 5.78. The molecule has 186 valence electrons. The van der Waals surface area contributed by atoms with E-state index < -0.39 is 17.8 Å². The maximum atomic E-state index is 12.9. The van der Waals surface area contributed by atoms with Gasteiger partial charge in [0.15, 0.2) is 5.75 Å². The monoisotopic (exact) mass is 497 g/mol. The Morgan fingerprint density at radius 2 is 1.86 bits per heavy atom. The number of benzene rings is 1. The van der Waals surface area contributed by atoms with Gasteiger partial charge in [-0.1, -0.05) is 6.07 Å². The second-order valence-corrected chi connectivity index (χ2v) is 8.44. The number of ether oxygens (including phenoxy) is 2. The van der Waals surface area contributed by atoms with Crippen LogP contribution in [0.3, 0.4) is 0 Å². The fourth-order valence-electron chi connectivity index (χ4n) is 4.23. The van der Waals surface area contributed by atoms with Crippen LogP contribution in [0.5, 0.6) is 17.4 Å². The minimum atomic E-state index is -4.51. The highest BCUT2D eigenvalue weighted by molar-refractivity contribution is 5.81. The van der Waals surface area contributed by atoms with Gasteiger partial charge in [-0.3, -0.25) is 4.98 Å². The van der Waals surface area contributed by atoms with Crippen LogP contribution >= 0.6 is 0 Å². The van der Waals surface area contributed by atoms with E-state index in [1.54, 1.807) is 12.3 Å². The quantitative estimate of drug-likeness (QED) is 0.355. The summed E-state index contributed by atoms with van der Waals surface area (Å²) in [5.41, 5.74) is 0.592. The lowest BCUT2D eigenvalue weighted by atomic mass is 10.1. The van der Waals surface area contributed by atoms with Gasteiger partial charge in [-0.2, -0.15) is 13.2 Å². The van der Waals surface area contributed by atoms with Crippen molar-refractivity contribution in [1.82, 2.24) is 24.4 Å². The molecule has 0 unspecified atom stereocenters. The molecule has 0 aliphatic carbocycles. The van der Waals surface area contributed by atoms with Crippen LogP contribution in [0.2, 0.25) is 0 Å². The van der Waals surface area contributed by atoms with Gasteiger partial charge < -0.3 is 18.9 Å². The van der Waals surface area contributed by atoms with E-state index in [2.05, 4.69) is 15.0 Å². The Balaban J connectivity index is 1.26. The van der Waals surface area contributed by atoms with Crippen molar-refractivity contribution in [2.75, 3.05) is 13.1 Å². The van der Waals surface area contributed by atoms with Crippen molar-refractivity contribution in [2.45, 2.75) is 32.0 Å².